The minimum atomic E-state index is -5.04. The molecule has 0 unspecified atom stereocenters. The van der Waals surface area contributed by atoms with E-state index in [1.165, 1.54) is 39.0 Å². The Labute approximate surface area is 320 Å². The van der Waals surface area contributed by atoms with Crippen LogP contribution in [0.3, 0.4) is 0 Å². The van der Waals surface area contributed by atoms with Gasteiger partial charge in [0.05, 0.1) is 30.2 Å². The number of hydrogen-bond donors (Lipinski definition) is 1. The van der Waals surface area contributed by atoms with E-state index < -0.39 is 95.0 Å². The molecule has 2 atom stereocenters. The lowest BCUT2D eigenvalue weighted by Gasteiger charge is -2.34. The Kier molecular flexibility index (Phi) is 11.5. The lowest BCUT2D eigenvalue weighted by atomic mass is 9.91. The number of benzene rings is 3. The molecule has 3 aromatic carbocycles. The minimum Gasteiger partial charge on any atom is -0.488 e. The lowest BCUT2D eigenvalue weighted by Crippen LogP contribution is -2.49. The fraction of sp³-hybridized carbons (Fsp3) is 0.375. The Morgan fingerprint density at radius 2 is 1.65 bits per heavy atom. The summed E-state index contributed by atoms with van der Waals surface area (Å²) in [5.41, 5.74) is -4.79. The van der Waals surface area contributed by atoms with Crippen molar-refractivity contribution in [2.45, 2.75) is 70.8 Å². The van der Waals surface area contributed by atoms with Gasteiger partial charge in [-0.1, -0.05) is 6.07 Å². The van der Waals surface area contributed by atoms with E-state index in [1.54, 1.807) is 4.90 Å². The number of likely N-dealkylation sites (tertiary alicyclic amines) is 1. The number of aryl methyl sites for hydroxylation is 2. The first-order valence-electron chi connectivity index (χ1n) is 17.8. The molecule has 4 bridgehead atoms. The summed E-state index contributed by atoms with van der Waals surface area (Å²) in [6.45, 7) is 3.48. The molecule has 0 aliphatic carbocycles. The Balaban J connectivity index is 1.59. The number of carbonyl (C=O) groups is 2. The monoisotopic (exact) mass is 809 g/mol. The minimum absolute atomic E-state index is 0.0211. The van der Waals surface area contributed by atoms with Crippen molar-refractivity contribution in [2.24, 2.45) is 0 Å². The van der Waals surface area contributed by atoms with Crippen molar-refractivity contribution >= 4 is 11.9 Å². The summed E-state index contributed by atoms with van der Waals surface area (Å²) in [4.78, 5) is 42.7. The molecule has 0 saturated carbocycles. The fourth-order valence-corrected chi connectivity index (χ4v) is 7.17. The van der Waals surface area contributed by atoms with Crippen molar-refractivity contribution in [3.8, 4) is 16.9 Å². The second kappa shape index (κ2) is 15.9. The van der Waals surface area contributed by atoms with Crippen molar-refractivity contribution < 1.29 is 58.6 Å². The first kappa shape index (κ1) is 41.3. The fourth-order valence-electron chi connectivity index (χ4n) is 7.17. The zero-order valence-corrected chi connectivity index (χ0v) is 30.7. The van der Waals surface area contributed by atoms with Gasteiger partial charge < -0.3 is 14.8 Å². The second-order valence-corrected chi connectivity index (χ2v) is 14.0. The number of fused-ring (bicyclic) bond motifs is 6. The van der Waals surface area contributed by atoms with Crippen LogP contribution < -0.4 is 15.6 Å². The average molecular weight is 810 g/mol. The average Bonchev–Trinajstić information content (AvgIpc) is 3.10. The topological polar surface area (TPSA) is 89.9 Å². The molecule has 3 heterocycles. The van der Waals surface area contributed by atoms with Gasteiger partial charge in [-0.15, -0.1) is 0 Å². The van der Waals surface area contributed by atoms with Crippen molar-refractivity contribution in [3.63, 3.8) is 0 Å². The SMILES string of the molecule is CCOC(=O)C[C@@H]1NC(=O)[C@H](n2cc(CCN3CC(F)C3)c(C(F)(F)F)cc2=O)c2cc(ccc2F)COc2cc(C(F)(F)F)cc(C)c2-c2cc(C)c(F)c1c2. The van der Waals surface area contributed by atoms with Gasteiger partial charge in [-0.05, 0) is 91.4 Å². The van der Waals surface area contributed by atoms with Gasteiger partial charge in [-0.2, -0.15) is 26.3 Å². The molecule has 0 spiro atoms. The van der Waals surface area contributed by atoms with Gasteiger partial charge in [0, 0.05) is 48.6 Å². The van der Waals surface area contributed by atoms with E-state index in [1.807, 2.05) is 0 Å². The van der Waals surface area contributed by atoms with E-state index in [9.17, 15) is 45.1 Å². The van der Waals surface area contributed by atoms with Crippen LogP contribution in [0.2, 0.25) is 0 Å². The van der Waals surface area contributed by atoms with Crippen molar-refractivity contribution in [1.82, 2.24) is 14.8 Å². The number of nitrogens with zero attached hydrogens (tertiary/aromatic N) is 2. The number of aromatic nitrogens is 1. The van der Waals surface area contributed by atoms with Crippen molar-refractivity contribution in [2.75, 3.05) is 26.2 Å². The first-order valence-corrected chi connectivity index (χ1v) is 17.8. The Hall–Kier alpha value is -5.32. The van der Waals surface area contributed by atoms with Crippen LogP contribution in [0.15, 0.2) is 59.5 Å². The molecule has 1 amide bonds. The summed E-state index contributed by atoms with van der Waals surface area (Å²) < 4.78 is 142. The van der Waals surface area contributed by atoms with Crippen LogP contribution in [0.4, 0.5) is 39.5 Å². The van der Waals surface area contributed by atoms with E-state index in [0.717, 1.165) is 30.5 Å². The van der Waals surface area contributed by atoms with Crippen LogP contribution in [0.25, 0.3) is 11.1 Å². The van der Waals surface area contributed by atoms with Crippen LogP contribution in [0.5, 0.6) is 5.75 Å². The molecule has 17 heteroatoms. The number of pyridine rings is 1. The van der Waals surface area contributed by atoms with Crippen molar-refractivity contribution in [3.05, 3.63) is 121 Å². The predicted octanol–water partition coefficient (Wildman–Crippen LogP) is 7.94. The highest BCUT2D eigenvalue weighted by atomic mass is 19.4. The third kappa shape index (κ3) is 8.82. The maximum atomic E-state index is 16.2. The van der Waals surface area contributed by atoms with Gasteiger partial charge in [-0.3, -0.25) is 23.9 Å². The summed E-state index contributed by atoms with van der Waals surface area (Å²) in [6, 6.07) is 3.85. The molecule has 6 rings (SSSR count). The molecule has 1 N–H and O–H groups in total. The molecule has 2 aliphatic heterocycles. The zero-order chi connectivity index (χ0) is 41.6. The van der Waals surface area contributed by atoms with E-state index >= 15 is 8.78 Å². The molecule has 57 heavy (non-hydrogen) atoms. The maximum Gasteiger partial charge on any atom is 0.416 e. The summed E-state index contributed by atoms with van der Waals surface area (Å²) in [5, 5.41) is 2.50. The number of esters is 1. The van der Waals surface area contributed by atoms with E-state index in [2.05, 4.69) is 5.32 Å². The summed E-state index contributed by atoms with van der Waals surface area (Å²) in [6.07, 6.45) is -11.3. The molecule has 2 aliphatic rings. The van der Waals surface area contributed by atoms with Gasteiger partial charge in [0.2, 0.25) is 5.91 Å². The van der Waals surface area contributed by atoms with Crippen LogP contribution in [0.1, 0.15) is 69.9 Å². The summed E-state index contributed by atoms with van der Waals surface area (Å²) >= 11 is 0. The van der Waals surface area contributed by atoms with E-state index in [-0.39, 0.29) is 77.9 Å². The molecular weight excluding hydrogens is 773 g/mol. The molecule has 4 aromatic rings. The third-order valence-corrected chi connectivity index (χ3v) is 9.92. The van der Waals surface area contributed by atoms with E-state index in [4.69, 9.17) is 9.47 Å². The van der Waals surface area contributed by atoms with Gasteiger partial charge >= 0.3 is 18.3 Å². The number of halogens is 9. The standard InChI is InChI=1S/C40H36F9N3O5/c1-4-56-34(54)15-31-28-12-24(9-21(3)36(28)43)35-20(2)10-25(39(44,45)46)13-32(35)57-19-22-5-6-30(42)27(11-22)37(38(55)50-31)52-16-23(7-8-51-17-26(41)18-51)29(14-33(52)53)40(47,48)49/h5-6,9-14,16,26,31,37H,4,7-8,15,17-19H2,1-3H3,(H,50,55)/t31-,37+/m0/s1. The van der Waals surface area contributed by atoms with Gasteiger partial charge in [-0.25, -0.2) is 13.2 Å². The van der Waals surface area contributed by atoms with Crippen LogP contribution in [-0.2, 0) is 39.7 Å². The predicted molar refractivity (Wildman–Crippen MR) is 188 cm³/mol. The van der Waals surface area contributed by atoms with Crippen LogP contribution in [-0.4, -0.2) is 53.8 Å². The number of carbonyl (C=O) groups excluding carboxylic acids is 2. The first-order chi connectivity index (χ1) is 26.7. The van der Waals surface area contributed by atoms with Crippen LogP contribution in [0, 0.1) is 25.5 Å². The molecular formula is C40H36F9N3O5. The van der Waals surface area contributed by atoms with Gasteiger partial charge in [0.15, 0.2) is 0 Å². The van der Waals surface area contributed by atoms with Crippen LogP contribution >= 0.6 is 0 Å². The summed E-state index contributed by atoms with van der Waals surface area (Å²) in [7, 11) is 0. The zero-order valence-electron chi connectivity index (χ0n) is 30.7. The Bertz CT molecular complexity index is 2270. The number of nitrogens with one attached hydrogen (secondary N) is 1. The quantitative estimate of drug-likeness (QED) is 0.151. The molecule has 8 nitrogen and oxygen atoms in total. The lowest BCUT2D eigenvalue weighted by molar-refractivity contribution is -0.144. The summed E-state index contributed by atoms with van der Waals surface area (Å²) in [5.74, 6) is -4.51. The molecule has 304 valence electrons. The van der Waals surface area contributed by atoms with Gasteiger partial charge in [0.25, 0.3) is 5.56 Å². The highest BCUT2D eigenvalue weighted by Crippen LogP contribution is 2.42. The molecule has 0 radical (unpaired) electrons. The Morgan fingerprint density at radius 1 is 0.930 bits per heavy atom. The Morgan fingerprint density at radius 3 is 2.30 bits per heavy atom. The van der Waals surface area contributed by atoms with Gasteiger partial charge in [0.1, 0.15) is 36.2 Å². The smallest absolute Gasteiger partial charge is 0.416 e. The highest BCUT2D eigenvalue weighted by molar-refractivity contribution is 5.85. The largest absolute Gasteiger partial charge is 0.488 e. The highest BCUT2D eigenvalue weighted by Gasteiger charge is 2.38. The third-order valence-electron chi connectivity index (χ3n) is 9.92. The molecule has 1 fully saturated rings. The molecule has 1 aromatic heterocycles. The number of rotatable bonds is 7. The number of hydrogen-bond acceptors (Lipinski definition) is 6. The number of alkyl halides is 7. The normalized spacial score (nSPS) is 17.9. The maximum absolute atomic E-state index is 16.2. The number of ether oxygens (including phenoxy) is 2. The van der Waals surface area contributed by atoms with E-state index in [0.29, 0.717) is 4.57 Å². The number of amides is 1. The second-order valence-electron chi connectivity index (χ2n) is 14.0. The van der Waals surface area contributed by atoms with Crippen molar-refractivity contribution in [1.29, 1.82) is 0 Å². The molecule has 1 saturated heterocycles.